The van der Waals surface area contributed by atoms with Crippen molar-refractivity contribution in [3.63, 3.8) is 0 Å². The average Bonchev–Trinajstić information content (AvgIpc) is 2.68. The third kappa shape index (κ3) is 4.65. The molecule has 0 bridgehead atoms. The first-order valence-corrected chi connectivity index (χ1v) is 10.7. The number of carbonyl (C=O) groups is 3. The van der Waals surface area contributed by atoms with E-state index in [1.54, 1.807) is 6.92 Å². The van der Waals surface area contributed by atoms with Crippen molar-refractivity contribution in [2.24, 2.45) is 0 Å². The quantitative estimate of drug-likeness (QED) is 0.673. The number of sulfone groups is 1. The number of hydrogen-bond donors (Lipinski definition) is 2. The largest absolute Gasteiger partial charge is 0.479 e. The zero-order chi connectivity index (χ0) is 22.1. The average molecular weight is 434 g/mol. The Labute approximate surface area is 172 Å². The van der Waals surface area contributed by atoms with Gasteiger partial charge in [0.05, 0.1) is 5.69 Å². The molecule has 2 N–H and O–H groups in total. The maximum Gasteiger partial charge on any atom is 0.265 e. The molecular formula is C20H19FN2O6S. The minimum Gasteiger partial charge on any atom is -0.479 e. The highest BCUT2D eigenvalue weighted by Gasteiger charge is 2.32. The first kappa shape index (κ1) is 21.4. The van der Waals surface area contributed by atoms with Crippen LogP contribution in [0.4, 0.5) is 15.8 Å². The molecule has 2 amide bonds. The van der Waals surface area contributed by atoms with Gasteiger partial charge in [-0.05, 0) is 56.3 Å². The Morgan fingerprint density at radius 2 is 1.87 bits per heavy atom. The zero-order valence-electron chi connectivity index (χ0n) is 16.1. The minimum absolute atomic E-state index is 0.0576. The number of ketones is 1. The molecule has 2 atom stereocenters. The van der Waals surface area contributed by atoms with Gasteiger partial charge in [0.15, 0.2) is 21.7 Å². The standard InChI is InChI=1S/C20H19FN2O6S/c1-11-20(26)23-16-9-13(3-8-17(16)29-11)19(25)12(2)30(27,28)10-18(24)22-15-6-4-14(21)5-7-15/h3-9,11-12H,10H2,1-2H3,(H,22,24)(H,23,26). The first-order valence-electron chi connectivity index (χ1n) is 8.99. The Hall–Kier alpha value is -3.27. The van der Waals surface area contributed by atoms with Gasteiger partial charge in [-0.15, -0.1) is 0 Å². The monoisotopic (exact) mass is 434 g/mol. The van der Waals surface area contributed by atoms with Gasteiger partial charge in [0.25, 0.3) is 5.91 Å². The lowest BCUT2D eigenvalue weighted by Crippen LogP contribution is -2.35. The van der Waals surface area contributed by atoms with Gasteiger partial charge >= 0.3 is 0 Å². The van der Waals surface area contributed by atoms with Crippen LogP contribution < -0.4 is 15.4 Å². The Balaban J connectivity index is 1.71. The Kier molecular flexibility index (Phi) is 5.88. The number of Topliss-reactive ketones (excluding diaryl/α,β-unsaturated/α-hetero) is 1. The highest BCUT2D eigenvalue weighted by molar-refractivity contribution is 7.93. The number of carbonyl (C=O) groups excluding carboxylic acids is 3. The summed E-state index contributed by atoms with van der Waals surface area (Å²) in [6.07, 6.45) is -0.682. The molecule has 1 aliphatic heterocycles. The molecule has 2 aromatic rings. The van der Waals surface area contributed by atoms with Gasteiger partial charge in [-0.25, -0.2) is 12.8 Å². The van der Waals surface area contributed by atoms with Crippen molar-refractivity contribution in [2.45, 2.75) is 25.2 Å². The van der Waals surface area contributed by atoms with Crippen molar-refractivity contribution in [3.8, 4) is 5.75 Å². The van der Waals surface area contributed by atoms with E-state index in [4.69, 9.17) is 4.74 Å². The molecule has 158 valence electrons. The third-order valence-corrected chi connectivity index (χ3v) is 6.52. The molecule has 0 aromatic heterocycles. The summed E-state index contributed by atoms with van der Waals surface area (Å²) in [4.78, 5) is 36.5. The molecule has 2 aromatic carbocycles. The molecule has 2 unspecified atom stereocenters. The molecular weight excluding hydrogens is 415 g/mol. The lowest BCUT2D eigenvalue weighted by atomic mass is 10.1. The van der Waals surface area contributed by atoms with Gasteiger partial charge in [-0.2, -0.15) is 0 Å². The van der Waals surface area contributed by atoms with Gasteiger partial charge in [0.1, 0.15) is 22.6 Å². The van der Waals surface area contributed by atoms with Gasteiger partial charge in [0, 0.05) is 11.3 Å². The van der Waals surface area contributed by atoms with E-state index in [1.165, 1.54) is 37.3 Å². The van der Waals surface area contributed by atoms with E-state index in [0.29, 0.717) is 5.75 Å². The Bertz CT molecular complexity index is 1110. The van der Waals surface area contributed by atoms with Crippen LogP contribution >= 0.6 is 0 Å². The second-order valence-electron chi connectivity index (χ2n) is 6.83. The van der Waals surface area contributed by atoms with Crippen molar-refractivity contribution in [2.75, 3.05) is 16.4 Å². The summed E-state index contributed by atoms with van der Waals surface area (Å²) in [5.41, 5.74) is 0.556. The van der Waals surface area contributed by atoms with E-state index in [9.17, 15) is 27.2 Å². The molecule has 0 aliphatic carbocycles. The van der Waals surface area contributed by atoms with Gasteiger partial charge in [-0.3, -0.25) is 14.4 Å². The van der Waals surface area contributed by atoms with E-state index in [0.717, 1.165) is 12.1 Å². The second-order valence-corrected chi connectivity index (χ2v) is 9.15. The molecule has 1 aliphatic rings. The molecule has 0 saturated carbocycles. The maximum absolute atomic E-state index is 12.9. The summed E-state index contributed by atoms with van der Waals surface area (Å²) in [5.74, 6) is -3.00. The summed E-state index contributed by atoms with van der Waals surface area (Å²) in [6.45, 7) is 2.77. The number of nitrogens with one attached hydrogen (secondary N) is 2. The minimum atomic E-state index is -4.13. The van der Waals surface area contributed by atoms with Crippen molar-refractivity contribution in [3.05, 3.63) is 53.8 Å². The van der Waals surface area contributed by atoms with Crippen molar-refractivity contribution in [1.82, 2.24) is 0 Å². The first-order chi connectivity index (χ1) is 14.1. The number of hydrogen-bond acceptors (Lipinski definition) is 6. The SMILES string of the molecule is CC1Oc2ccc(C(=O)C(C)S(=O)(=O)CC(=O)Nc3ccc(F)cc3)cc2NC1=O. The van der Waals surface area contributed by atoms with E-state index in [-0.39, 0.29) is 22.8 Å². The Morgan fingerprint density at radius 1 is 1.20 bits per heavy atom. The van der Waals surface area contributed by atoms with Crippen LogP contribution in [0.25, 0.3) is 0 Å². The van der Waals surface area contributed by atoms with Crippen LogP contribution in [-0.4, -0.2) is 43.1 Å². The number of amides is 2. The molecule has 1 heterocycles. The maximum atomic E-state index is 12.9. The number of anilines is 2. The van der Waals surface area contributed by atoms with Crippen LogP contribution in [0.3, 0.4) is 0 Å². The fourth-order valence-electron chi connectivity index (χ4n) is 2.80. The molecule has 0 spiro atoms. The van der Waals surface area contributed by atoms with E-state index in [2.05, 4.69) is 10.6 Å². The summed E-state index contributed by atoms with van der Waals surface area (Å²) < 4.78 is 43.4. The van der Waals surface area contributed by atoms with Crippen LogP contribution in [0.15, 0.2) is 42.5 Å². The molecule has 8 nitrogen and oxygen atoms in total. The molecule has 0 saturated heterocycles. The highest BCUT2D eigenvalue weighted by atomic mass is 32.2. The highest BCUT2D eigenvalue weighted by Crippen LogP contribution is 2.31. The van der Waals surface area contributed by atoms with Gasteiger partial charge < -0.3 is 15.4 Å². The number of fused-ring (bicyclic) bond motifs is 1. The second kappa shape index (κ2) is 8.23. The zero-order valence-corrected chi connectivity index (χ0v) is 17.0. The number of benzene rings is 2. The number of ether oxygens (including phenoxy) is 1. The van der Waals surface area contributed by atoms with Crippen LogP contribution in [-0.2, 0) is 19.4 Å². The summed E-state index contributed by atoms with van der Waals surface area (Å²) in [5, 5.41) is 3.45. The van der Waals surface area contributed by atoms with Crippen molar-refractivity contribution in [1.29, 1.82) is 0 Å². The summed E-state index contributed by atoms with van der Waals surface area (Å²) in [6, 6.07) is 9.03. The van der Waals surface area contributed by atoms with Crippen molar-refractivity contribution >= 4 is 38.8 Å². The fourth-order valence-corrected chi connectivity index (χ4v) is 3.95. The predicted molar refractivity (Wildman–Crippen MR) is 108 cm³/mol. The molecule has 30 heavy (non-hydrogen) atoms. The van der Waals surface area contributed by atoms with Crippen molar-refractivity contribution < 1.29 is 31.9 Å². The van der Waals surface area contributed by atoms with Crippen LogP contribution in [0.5, 0.6) is 5.75 Å². The number of rotatable bonds is 6. The van der Waals surface area contributed by atoms with E-state index < -0.39 is 44.5 Å². The summed E-state index contributed by atoms with van der Waals surface area (Å²) in [7, 11) is -4.13. The molecule has 0 fully saturated rings. The molecule has 0 radical (unpaired) electrons. The van der Waals surface area contributed by atoms with E-state index in [1.807, 2.05) is 0 Å². The third-order valence-electron chi connectivity index (χ3n) is 4.56. The topological polar surface area (TPSA) is 119 Å². The fraction of sp³-hybridized carbons (Fsp3) is 0.250. The predicted octanol–water partition coefficient (Wildman–Crippen LogP) is 2.17. The van der Waals surface area contributed by atoms with E-state index >= 15 is 0 Å². The smallest absolute Gasteiger partial charge is 0.265 e. The molecule has 10 heteroatoms. The summed E-state index contributed by atoms with van der Waals surface area (Å²) >= 11 is 0. The van der Waals surface area contributed by atoms with Crippen LogP contribution in [0, 0.1) is 5.82 Å². The Morgan fingerprint density at radius 3 is 2.53 bits per heavy atom. The lowest BCUT2D eigenvalue weighted by molar-refractivity contribution is -0.122. The van der Waals surface area contributed by atoms with Gasteiger partial charge in [0.2, 0.25) is 5.91 Å². The van der Waals surface area contributed by atoms with Gasteiger partial charge in [-0.1, -0.05) is 0 Å². The number of halogens is 1. The van der Waals surface area contributed by atoms with Crippen LogP contribution in [0.1, 0.15) is 24.2 Å². The van der Waals surface area contributed by atoms with Crippen LogP contribution in [0.2, 0.25) is 0 Å². The lowest BCUT2D eigenvalue weighted by Gasteiger charge is -2.23. The normalized spacial score (nSPS) is 16.6. The molecule has 3 rings (SSSR count).